The van der Waals surface area contributed by atoms with Crippen molar-refractivity contribution >= 4 is 28.9 Å². The number of methoxy groups -OCH3 is 1. The highest BCUT2D eigenvalue weighted by molar-refractivity contribution is 8.13. The first-order valence-corrected chi connectivity index (χ1v) is 10.1. The quantitative estimate of drug-likeness (QED) is 0.597. The Morgan fingerprint density at radius 2 is 1.92 bits per heavy atom. The van der Waals surface area contributed by atoms with Crippen LogP contribution in [0.3, 0.4) is 0 Å². The van der Waals surface area contributed by atoms with Gasteiger partial charge in [-0.2, -0.15) is 0 Å². The third kappa shape index (κ3) is 5.10. The number of likely N-dealkylation sites (N-methyl/N-ethyl adjacent to an activating group) is 1. The molecule has 0 saturated carbocycles. The van der Waals surface area contributed by atoms with Crippen LogP contribution in [0.15, 0.2) is 4.99 Å². The number of rotatable bonds is 10. The number of hydrogen-bond acceptors (Lipinski definition) is 6. The number of carbonyl (C=O) groups is 2. The third-order valence-electron chi connectivity index (χ3n) is 4.59. The summed E-state index contributed by atoms with van der Waals surface area (Å²) in [4.78, 5) is 32.3. The Morgan fingerprint density at radius 3 is 2.64 bits per heavy atom. The Bertz CT molecular complexity index is 500. The number of imide groups is 1. The largest absolute Gasteiger partial charge is 0.383 e. The van der Waals surface area contributed by atoms with Crippen molar-refractivity contribution in [3.05, 3.63) is 0 Å². The van der Waals surface area contributed by atoms with Crippen molar-refractivity contribution in [2.45, 2.75) is 57.7 Å². The van der Waals surface area contributed by atoms with E-state index >= 15 is 0 Å². The standard InChI is InChI=1S/C17H30N4O3S/c1-4-5-6-7-8-9-12-25-17-18-14-13(21(17)10-11-24-3)15(22)19-16(23)20(14)2/h13-14H,4-12H2,1-3H3,(H,19,22,23). The Hall–Kier alpha value is -1.28. The smallest absolute Gasteiger partial charge is 0.325 e. The van der Waals surface area contributed by atoms with Crippen LogP contribution in [0, 0.1) is 0 Å². The van der Waals surface area contributed by atoms with Crippen LogP contribution in [-0.2, 0) is 9.53 Å². The predicted octanol–water partition coefficient (Wildman–Crippen LogP) is 2.27. The maximum Gasteiger partial charge on any atom is 0.325 e. The van der Waals surface area contributed by atoms with Crippen molar-refractivity contribution in [1.82, 2.24) is 15.1 Å². The van der Waals surface area contributed by atoms with E-state index in [1.165, 1.54) is 37.0 Å². The van der Waals surface area contributed by atoms with Gasteiger partial charge in [-0.15, -0.1) is 0 Å². The van der Waals surface area contributed by atoms with Crippen LogP contribution < -0.4 is 5.32 Å². The summed E-state index contributed by atoms with van der Waals surface area (Å²) in [6.07, 6.45) is 7.08. The molecule has 0 spiro atoms. The zero-order valence-electron chi connectivity index (χ0n) is 15.5. The molecular weight excluding hydrogens is 340 g/mol. The molecule has 2 heterocycles. The number of nitrogens with zero attached hydrogens (tertiary/aromatic N) is 3. The number of amides is 3. The average Bonchev–Trinajstić information content (AvgIpc) is 2.96. The van der Waals surface area contributed by atoms with Crippen LogP contribution in [-0.4, -0.2) is 72.2 Å². The van der Waals surface area contributed by atoms with Crippen molar-refractivity contribution in [1.29, 1.82) is 0 Å². The van der Waals surface area contributed by atoms with E-state index in [0.717, 1.165) is 17.3 Å². The van der Waals surface area contributed by atoms with Gasteiger partial charge in [0.2, 0.25) is 0 Å². The van der Waals surface area contributed by atoms with E-state index in [4.69, 9.17) is 4.74 Å². The highest BCUT2D eigenvalue weighted by atomic mass is 32.2. The zero-order chi connectivity index (χ0) is 18.2. The lowest BCUT2D eigenvalue weighted by Crippen LogP contribution is -2.63. The second-order valence-electron chi connectivity index (χ2n) is 6.48. The van der Waals surface area contributed by atoms with Crippen molar-refractivity contribution in [3.63, 3.8) is 0 Å². The highest BCUT2D eigenvalue weighted by Gasteiger charge is 2.48. The fraction of sp³-hybridized carbons (Fsp3) is 0.824. The van der Waals surface area contributed by atoms with Gasteiger partial charge in [0.1, 0.15) is 0 Å². The number of aliphatic imine (C=N–C) groups is 1. The number of hydrogen-bond donors (Lipinski definition) is 1. The lowest BCUT2D eigenvalue weighted by Gasteiger charge is -2.36. The number of fused-ring (bicyclic) bond motifs is 1. The van der Waals surface area contributed by atoms with Gasteiger partial charge in [-0.3, -0.25) is 10.1 Å². The van der Waals surface area contributed by atoms with Crippen molar-refractivity contribution in [2.75, 3.05) is 33.1 Å². The van der Waals surface area contributed by atoms with E-state index in [1.807, 2.05) is 4.90 Å². The Morgan fingerprint density at radius 1 is 1.20 bits per heavy atom. The molecule has 0 bridgehead atoms. The lowest BCUT2D eigenvalue weighted by molar-refractivity contribution is -0.127. The molecule has 8 heteroatoms. The van der Waals surface area contributed by atoms with Crippen molar-refractivity contribution in [2.24, 2.45) is 4.99 Å². The van der Waals surface area contributed by atoms with Crippen LogP contribution in [0.5, 0.6) is 0 Å². The molecule has 1 saturated heterocycles. The molecule has 0 aromatic heterocycles. The van der Waals surface area contributed by atoms with Crippen LogP contribution in [0.1, 0.15) is 45.4 Å². The van der Waals surface area contributed by atoms with Crippen LogP contribution in [0.4, 0.5) is 4.79 Å². The number of amidine groups is 1. The van der Waals surface area contributed by atoms with E-state index in [2.05, 4.69) is 17.2 Å². The first-order chi connectivity index (χ1) is 12.1. The number of nitrogens with one attached hydrogen (secondary N) is 1. The molecule has 2 aliphatic heterocycles. The van der Waals surface area contributed by atoms with E-state index in [-0.39, 0.29) is 11.9 Å². The second-order valence-corrected chi connectivity index (χ2v) is 7.54. The highest BCUT2D eigenvalue weighted by Crippen LogP contribution is 2.28. The lowest BCUT2D eigenvalue weighted by atomic mass is 10.1. The van der Waals surface area contributed by atoms with Gasteiger partial charge in [-0.1, -0.05) is 50.8 Å². The van der Waals surface area contributed by atoms with E-state index in [0.29, 0.717) is 13.2 Å². The molecule has 3 amide bonds. The number of urea groups is 1. The van der Waals surface area contributed by atoms with Crippen molar-refractivity contribution in [3.8, 4) is 0 Å². The molecule has 0 aromatic rings. The van der Waals surface area contributed by atoms with Gasteiger partial charge < -0.3 is 14.5 Å². The Balaban J connectivity index is 1.92. The first-order valence-electron chi connectivity index (χ1n) is 9.14. The number of thioether (sulfide) groups is 1. The molecule has 2 rings (SSSR count). The fourth-order valence-electron chi connectivity index (χ4n) is 3.09. The predicted molar refractivity (Wildman–Crippen MR) is 101 cm³/mol. The van der Waals surface area contributed by atoms with Gasteiger partial charge in [0.25, 0.3) is 5.91 Å². The third-order valence-corrected chi connectivity index (χ3v) is 5.68. The summed E-state index contributed by atoms with van der Waals surface area (Å²) in [5.74, 6) is 0.704. The molecule has 7 nitrogen and oxygen atoms in total. The van der Waals surface area contributed by atoms with Gasteiger partial charge in [0.05, 0.1) is 6.61 Å². The Kier molecular flexibility index (Phi) is 8.02. The maximum absolute atomic E-state index is 12.3. The minimum atomic E-state index is -0.454. The summed E-state index contributed by atoms with van der Waals surface area (Å²) >= 11 is 1.68. The summed E-state index contributed by atoms with van der Waals surface area (Å²) in [6.45, 7) is 3.33. The van der Waals surface area contributed by atoms with E-state index in [9.17, 15) is 9.59 Å². The van der Waals surface area contributed by atoms with Gasteiger partial charge in [-0.25, -0.2) is 9.79 Å². The fourth-order valence-corrected chi connectivity index (χ4v) is 4.18. The molecular formula is C17H30N4O3S. The van der Waals surface area contributed by atoms with Crippen LogP contribution in [0.2, 0.25) is 0 Å². The van der Waals surface area contributed by atoms with Gasteiger partial charge in [0, 0.05) is 26.5 Å². The molecule has 2 unspecified atom stereocenters. The van der Waals surface area contributed by atoms with Gasteiger partial charge in [-0.05, 0) is 6.42 Å². The SMILES string of the molecule is CCCCCCCCSC1=NC2C(C(=O)NC(=O)N2C)N1CCOC. The minimum absolute atomic E-state index is 0.275. The zero-order valence-corrected chi connectivity index (χ0v) is 16.3. The van der Waals surface area contributed by atoms with Gasteiger partial charge >= 0.3 is 6.03 Å². The number of unbranched alkanes of at least 4 members (excludes halogenated alkanes) is 5. The summed E-state index contributed by atoms with van der Waals surface area (Å²) in [5.41, 5.74) is 0. The summed E-state index contributed by atoms with van der Waals surface area (Å²) < 4.78 is 5.18. The van der Waals surface area contributed by atoms with Gasteiger partial charge in [0.15, 0.2) is 17.4 Å². The van der Waals surface area contributed by atoms with E-state index in [1.54, 1.807) is 25.9 Å². The first kappa shape index (κ1) is 20.0. The molecule has 0 aromatic carbocycles. The van der Waals surface area contributed by atoms with Crippen LogP contribution in [0.25, 0.3) is 0 Å². The van der Waals surface area contributed by atoms with Crippen LogP contribution >= 0.6 is 11.8 Å². The molecule has 2 atom stereocenters. The maximum atomic E-state index is 12.3. The molecule has 1 N–H and O–H groups in total. The second kappa shape index (κ2) is 10.0. The summed E-state index contributed by atoms with van der Waals surface area (Å²) in [5, 5.41) is 3.25. The van der Waals surface area contributed by atoms with E-state index < -0.39 is 12.2 Å². The normalized spacial score (nSPS) is 22.9. The molecule has 0 aliphatic carbocycles. The average molecular weight is 371 g/mol. The molecule has 2 aliphatic rings. The molecule has 0 radical (unpaired) electrons. The topological polar surface area (TPSA) is 74.2 Å². The van der Waals surface area contributed by atoms with Crippen molar-refractivity contribution < 1.29 is 14.3 Å². The number of ether oxygens (including phenoxy) is 1. The Labute approximate surface area is 154 Å². The summed E-state index contributed by atoms with van der Waals surface area (Å²) in [7, 11) is 3.32. The minimum Gasteiger partial charge on any atom is -0.383 e. The summed E-state index contributed by atoms with van der Waals surface area (Å²) in [6, 6.07) is -0.839. The number of carbonyl (C=O) groups excluding carboxylic acids is 2. The molecule has 142 valence electrons. The molecule has 25 heavy (non-hydrogen) atoms. The molecule has 1 fully saturated rings. The monoisotopic (exact) mass is 370 g/mol.